The van der Waals surface area contributed by atoms with Gasteiger partial charge < -0.3 is 14.7 Å². The van der Waals surface area contributed by atoms with Crippen LogP contribution in [-0.2, 0) is 0 Å². The van der Waals surface area contributed by atoms with E-state index in [4.69, 9.17) is 16.0 Å². The highest BCUT2D eigenvalue weighted by atomic mass is 35.5. The fraction of sp³-hybridized carbons (Fsp3) is 0. The van der Waals surface area contributed by atoms with E-state index in [0.717, 1.165) is 6.33 Å². The second kappa shape index (κ2) is 7.13. The molecule has 138 valence electrons. The molecule has 2 heterocycles. The van der Waals surface area contributed by atoms with Gasteiger partial charge in [0, 0.05) is 21.7 Å². The second-order valence-electron chi connectivity index (χ2n) is 5.85. The van der Waals surface area contributed by atoms with Crippen molar-refractivity contribution in [1.29, 1.82) is 0 Å². The Kier molecular flexibility index (Phi) is 4.50. The molecular formula is C20H12ClN3O4. The Morgan fingerprint density at radius 2 is 1.75 bits per heavy atom. The average molecular weight is 394 g/mol. The number of aromatic nitrogens is 2. The van der Waals surface area contributed by atoms with E-state index in [1.807, 2.05) is 0 Å². The number of hydrogen-bond donors (Lipinski definition) is 2. The van der Waals surface area contributed by atoms with Gasteiger partial charge in [-0.2, -0.15) is 0 Å². The first kappa shape index (κ1) is 17.7. The Balaban J connectivity index is 2.02. The predicted molar refractivity (Wildman–Crippen MR) is 106 cm³/mol. The third kappa shape index (κ3) is 3.08. The van der Waals surface area contributed by atoms with Crippen LogP contribution in [0.3, 0.4) is 0 Å². The lowest BCUT2D eigenvalue weighted by Gasteiger charge is -2.13. The number of anilines is 1. The zero-order valence-electron chi connectivity index (χ0n) is 14.2. The summed E-state index contributed by atoms with van der Waals surface area (Å²) >= 11 is 6.31. The molecule has 0 fully saturated rings. The van der Waals surface area contributed by atoms with Crippen molar-refractivity contribution in [1.82, 2.24) is 9.97 Å². The van der Waals surface area contributed by atoms with Crippen LogP contribution in [-0.4, -0.2) is 15.9 Å². The lowest BCUT2D eigenvalue weighted by molar-refractivity contribution is 0.102. The van der Waals surface area contributed by atoms with Gasteiger partial charge in [-0.3, -0.25) is 9.59 Å². The molecule has 4 aromatic rings. The van der Waals surface area contributed by atoms with Gasteiger partial charge >= 0.3 is 5.63 Å². The first-order valence-electron chi connectivity index (χ1n) is 8.22. The van der Waals surface area contributed by atoms with Gasteiger partial charge in [0.25, 0.3) is 11.5 Å². The standard InChI is InChI=1S/C20H12ClN3O4/c21-13-9-5-4-8-12(13)14-15-18(26)22-10-23-19(15)28-20(27)16(14)24-17(25)11-6-2-1-3-7-11/h1-10H,(H,24,25)(H,22,23,26). The summed E-state index contributed by atoms with van der Waals surface area (Å²) < 4.78 is 5.17. The van der Waals surface area contributed by atoms with E-state index in [9.17, 15) is 14.4 Å². The van der Waals surface area contributed by atoms with E-state index in [1.165, 1.54) is 0 Å². The molecule has 0 aliphatic rings. The predicted octanol–water partition coefficient (Wildman–Crippen LogP) is 3.45. The summed E-state index contributed by atoms with van der Waals surface area (Å²) in [4.78, 5) is 44.1. The summed E-state index contributed by atoms with van der Waals surface area (Å²) in [6.45, 7) is 0. The van der Waals surface area contributed by atoms with Crippen LogP contribution in [0.25, 0.3) is 22.2 Å². The Bertz CT molecular complexity index is 1310. The minimum absolute atomic E-state index is 0.0126. The van der Waals surface area contributed by atoms with Crippen LogP contribution in [0.5, 0.6) is 0 Å². The number of nitrogens with zero attached hydrogens (tertiary/aromatic N) is 1. The molecule has 0 radical (unpaired) electrons. The molecule has 0 saturated heterocycles. The number of carbonyl (C=O) groups excluding carboxylic acids is 1. The van der Waals surface area contributed by atoms with Gasteiger partial charge in [0.05, 0.1) is 6.33 Å². The smallest absolute Gasteiger partial charge is 0.362 e. The Labute approximate surface area is 162 Å². The molecule has 0 atom stereocenters. The molecule has 0 spiro atoms. The van der Waals surface area contributed by atoms with Gasteiger partial charge in [0.1, 0.15) is 11.1 Å². The van der Waals surface area contributed by atoms with Crippen molar-refractivity contribution in [2.24, 2.45) is 0 Å². The third-order valence-corrected chi connectivity index (χ3v) is 4.46. The number of carbonyl (C=O) groups is 1. The SMILES string of the molecule is O=C(Nc1c(-c2ccccc2Cl)c2c(=O)[nH]cnc2oc1=O)c1ccccc1. The largest absolute Gasteiger partial charge is 0.402 e. The van der Waals surface area contributed by atoms with E-state index in [1.54, 1.807) is 54.6 Å². The third-order valence-electron chi connectivity index (χ3n) is 4.13. The van der Waals surface area contributed by atoms with Crippen molar-refractivity contribution in [3.8, 4) is 11.1 Å². The second-order valence-corrected chi connectivity index (χ2v) is 6.26. The molecule has 2 N–H and O–H groups in total. The van der Waals surface area contributed by atoms with Crippen LogP contribution in [0.1, 0.15) is 10.4 Å². The molecule has 4 rings (SSSR count). The average Bonchev–Trinajstić information content (AvgIpc) is 2.70. The summed E-state index contributed by atoms with van der Waals surface area (Å²) in [6.07, 6.45) is 1.13. The first-order chi connectivity index (χ1) is 13.6. The zero-order valence-corrected chi connectivity index (χ0v) is 15.0. The Morgan fingerprint density at radius 1 is 1.04 bits per heavy atom. The normalized spacial score (nSPS) is 10.8. The van der Waals surface area contributed by atoms with Crippen molar-refractivity contribution in [2.45, 2.75) is 0 Å². The van der Waals surface area contributed by atoms with Crippen molar-refractivity contribution in [2.75, 3.05) is 5.32 Å². The maximum atomic E-state index is 12.6. The number of hydrogen-bond acceptors (Lipinski definition) is 5. The van der Waals surface area contributed by atoms with Gasteiger partial charge in [-0.05, 0) is 18.2 Å². The molecule has 0 unspecified atom stereocenters. The number of H-pyrrole nitrogens is 1. The maximum Gasteiger partial charge on any atom is 0.362 e. The molecule has 0 aliphatic heterocycles. The quantitative estimate of drug-likeness (QED) is 0.554. The van der Waals surface area contributed by atoms with E-state index in [0.29, 0.717) is 16.1 Å². The lowest BCUT2D eigenvalue weighted by Crippen LogP contribution is -2.21. The molecular weight excluding hydrogens is 382 g/mol. The van der Waals surface area contributed by atoms with Crippen LogP contribution in [0.2, 0.25) is 5.02 Å². The van der Waals surface area contributed by atoms with Crippen LogP contribution < -0.4 is 16.5 Å². The van der Waals surface area contributed by atoms with Crippen molar-refractivity contribution >= 4 is 34.3 Å². The number of amides is 1. The number of nitrogens with one attached hydrogen (secondary N) is 2. The van der Waals surface area contributed by atoms with Gasteiger partial charge in [0.2, 0.25) is 5.71 Å². The summed E-state index contributed by atoms with van der Waals surface area (Å²) in [5.41, 5.74) is -0.829. The van der Waals surface area contributed by atoms with Gasteiger partial charge in [0.15, 0.2) is 0 Å². The summed E-state index contributed by atoms with van der Waals surface area (Å²) in [5.74, 6) is -0.527. The van der Waals surface area contributed by atoms with Gasteiger partial charge in [-0.15, -0.1) is 0 Å². The first-order valence-corrected chi connectivity index (χ1v) is 8.60. The Hall–Kier alpha value is -3.71. The lowest BCUT2D eigenvalue weighted by atomic mass is 10.0. The maximum absolute atomic E-state index is 12.6. The fourth-order valence-corrected chi connectivity index (χ4v) is 3.10. The molecule has 0 aliphatic carbocycles. The summed E-state index contributed by atoms with van der Waals surface area (Å²) in [7, 11) is 0. The van der Waals surface area contributed by atoms with Crippen molar-refractivity contribution < 1.29 is 9.21 Å². The summed E-state index contributed by atoms with van der Waals surface area (Å²) in [5, 5.41) is 2.87. The number of rotatable bonds is 3. The minimum atomic E-state index is -0.843. The number of benzene rings is 2. The molecule has 8 heteroatoms. The molecule has 1 amide bonds. The van der Waals surface area contributed by atoms with Gasteiger partial charge in [-0.1, -0.05) is 48.0 Å². The van der Waals surface area contributed by atoms with Crippen molar-refractivity contribution in [3.05, 3.63) is 92.3 Å². The minimum Gasteiger partial charge on any atom is -0.402 e. The van der Waals surface area contributed by atoms with Crippen LogP contribution in [0, 0.1) is 0 Å². The fourth-order valence-electron chi connectivity index (χ4n) is 2.87. The molecule has 7 nitrogen and oxygen atoms in total. The molecule has 28 heavy (non-hydrogen) atoms. The van der Waals surface area contributed by atoms with E-state index in [2.05, 4.69) is 15.3 Å². The summed E-state index contributed by atoms with van der Waals surface area (Å²) in [6, 6.07) is 15.0. The highest BCUT2D eigenvalue weighted by Gasteiger charge is 2.23. The zero-order chi connectivity index (χ0) is 19.7. The monoisotopic (exact) mass is 393 g/mol. The van der Waals surface area contributed by atoms with Crippen LogP contribution >= 0.6 is 11.6 Å². The van der Waals surface area contributed by atoms with Crippen LogP contribution in [0.15, 0.2) is 74.9 Å². The highest BCUT2D eigenvalue weighted by molar-refractivity contribution is 6.34. The topological polar surface area (TPSA) is 105 Å². The number of fused-ring (bicyclic) bond motifs is 1. The highest BCUT2D eigenvalue weighted by Crippen LogP contribution is 2.35. The molecule has 2 aromatic carbocycles. The molecule has 0 saturated carbocycles. The molecule has 2 aromatic heterocycles. The van der Waals surface area contributed by atoms with E-state index < -0.39 is 17.1 Å². The van der Waals surface area contributed by atoms with Gasteiger partial charge in [-0.25, -0.2) is 9.78 Å². The van der Waals surface area contributed by atoms with Crippen LogP contribution in [0.4, 0.5) is 5.69 Å². The number of aromatic amines is 1. The number of halogens is 1. The van der Waals surface area contributed by atoms with E-state index >= 15 is 0 Å². The molecule has 0 bridgehead atoms. The van der Waals surface area contributed by atoms with Crippen molar-refractivity contribution in [3.63, 3.8) is 0 Å². The Morgan fingerprint density at radius 3 is 2.50 bits per heavy atom. The van der Waals surface area contributed by atoms with E-state index in [-0.39, 0.29) is 22.4 Å².